The topological polar surface area (TPSA) is 75.6 Å². The lowest BCUT2D eigenvalue weighted by molar-refractivity contribution is -0.275. The van der Waals surface area contributed by atoms with Gasteiger partial charge in [-0.05, 0) is 25.0 Å². The minimum atomic E-state index is -4.99. The van der Waals surface area contributed by atoms with Crippen LogP contribution < -0.4 is 9.46 Å². The Labute approximate surface area is 120 Å². The fourth-order valence-electron chi connectivity index (χ4n) is 1.67. The van der Waals surface area contributed by atoms with Crippen molar-refractivity contribution in [3.8, 4) is 5.75 Å². The third-order valence-corrected chi connectivity index (χ3v) is 4.22. The smallest absolute Gasteiger partial charge is 0.404 e. The Morgan fingerprint density at radius 1 is 1.33 bits per heavy atom. The summed E-state index contributed by atoms with van der Waals surface area (Å²) in [6.45, 7) is 1.46. The van der Waals surface area contributed by atoms with Gasteiger partial charge in [0.05, 0.1) is 0 Å². The zero-order valence-corrected chi connectivity index (χ0v) is 12.0. The lowest BCUT2D eigenvalue weighted by atomic mass is 10.2. The summed E-state index contributed by atoms with van der Waals surface area (Å²) in [4.78, 5) is -0.598. The third kappa shape index (κ3) is 5.52. The van der Waals surface area contributed by atoms with Gasteiger partial charge in [0.25, 0.3) is 0 Å². The van der Waals surface area contributed by atoms with Crippen LogP contribution in [0, 0.1) is 0 Å². The molecule has 0 aliphatic carbocycles. The number of hydrogen-bond acceptors (Lipinski definition) is 4. The molecule has 1 unspecified atom stereocenters. The lowest BCUT2D eigenvalue weighted by Crippen LogP contribution is -2.35. The maximum absolute atomic E-state index is 12.3. The van der Waals surface area contributed by atoms with Crippen LogP contribution in [0.3, 0.4) is 0 Å². The molecular weight excluding hydrogens is 311 g/mol. The molecule has 2 N–H and O–H groups in total. The minimum absolute atomic E-state index is 0.165. The molecule has 1 rings (SSSR count). The highest BCUT2D eigenvalue weighted by Crippen LogP contribution is 2.29. The van der Waals surface area contributed by atoms with Crippen LogP contribution in [-0.4, -0.2) is 32.5 Å². The van der Waals surface area contributed by atoms with Crippen LogP contribution in [0.1, 0.15) is 19.8 Å². The molecule has 120 valence electrons. The van der Waals surface area contributed by atoms with Gasteiger partial charge in [-0.3, -0.25) is 0 Å². The van der Waals surface area contributed by atoms with Crippen LogP contribution >= 0.6 is 0 Å². The number of hydrogen-bond donors (Lipinski definition) is 2. The molecule has 0 spiro atoms. The maximum Gasteiger partial charge on any atom is 0.573 e. The van der Waals surface area contributed by atoms with E-state index in [9.17, 15) is 21.6 Å². The molecule has 0 radical (unpaired) electrons. The molecule has 0 aromatic heterocycles. The SMILES string of the molecule is CCC(CCO)NS(=O)(=O)c1ccccc1OC(F)(F)F. The van der Waals surface area contributed by atoms with E-state index in [0.29, 0.717) is 6.42 Å². The second kappa shape index (κ2) is 7.10. The van der Waals surface area contributed by atoms with Gasteiger partial charge in [0.1, 0.15) is 10.6 Å². The van der Waals surface area contributed by atoms with Gasteiger partial charge in [0.15, 0.2) is 0 Å². The Balaban J connectivity index is 3.08. The summed E-state index contributed by atoms with van der Waals surface area (Å²) >= 11 is 0. The van der Waals surface area contributed by atoms with Crippen molar-refractivity contribution in [2.24, 2.45) is 0 Å². The van der Waals surface area contributed by atoms with E-state index in [-0.39, 0.29) is 13.0 Å². The normalized spacial score (nSPS) is 14.0. The lowest BCUT2D eigenvalue weighted by Gasteiger charge is -2.18. The van der Waals surface area contributed by atoms with E-state index in [2.05, 4.69) is 9.46 Å². The number of aliphatic hydroxyl groups is 1. The quantitative estimate of drug-likeness (QED) is 0.803. The summed E-state index contributed by atoms with van der Waals surface area (Å²) in [6.07, 6.45) is -4.43. The van der Waals surface area contributed by atoms with E-state index >= 15 is 0 Å². The number of rotatable bonds is 7. The van der Waals surface area contributed by atoms with E-state index in [4.69, 9.17) is 5.11 Å². The van der Waals surface area contributed by atoms with Crippen molar-refractivity contribution in [1.29, 1.82) is 0 Å². The van der Waals surface area contributed by atoms with Gasteiger partial charge in [0.2, 0.25) is 10.0 Å². The summed E-state index contributed by atoms with van der Waals surface area (Å²) < 4.78 is 67.1. The number of halogens is 3. The number of para-hydroxylation sites is 1. The first-order chi connectivity index (χ1) is 9.69. The molecule has 0 bridgehead atoms. The number of sulfonamides is 1. The molecule has 1 atom stereocenters. The monoisotopic (exact) mass is 327 g/mol. The molecule has 1 aromatic carbocycles. The van der Waals surface area contributed by atoms with Crippen LogP contribution in [0.4, 0.5) is 13.2 Å². The number of aliphatic hydroxyl groups excluding tert-OH is 1. The molecule has 21 heavy (non-hydrogen) atoms. The van der Waals surface area contributed by atoms with Crippen molar-refractivity contribution in [3.05, 3.63) is 24.3 Å². The van der Waals surface area contributed by atoms with Crippen LogP contribution in [-0.2, 0) is 10.0 Å². The van der Waals surface area contributed by atoms with Gasteiger partial charge in [-0.15, -0.1) is 13.2 Å². The number of alkyl halides is 3. The average Bonchev–Trinajstić information content (AvgIpc) is 2.36. The zero-order chi connectivity index (χ0) is 16.1. The van der Waals surface area contributed by atoms with Crippen LogP contribution in [0.15, 0.2) is 29.2 Å². The van der Waals surface area contributed by atoms with Gasteiger partial charge >= 0.3 is 6.36 Å². The van der Waals surface area contributed by atoms with Crippen molar-refractivity contribution in [2.45, 2.75) is 37.1 Å². The second-order valence-corrected chi connectivity index (χ2v) is 5.92. The molecule has 0 heterocycles. The molecule has 0 fully saturated rings. The first kappa shape index (κ1) is 17.7. The van der Waals surface area contributed by atoms with Crippen LogP contribution in [0.2, 0.25) is 0 Å². The molecule has 0 amide bonds. The van der Waals surface area contributed by atoms with Gasteiger partial charge in [-0.1, -0.05) is 19.1 Å². The Morgan fingerprint density at radius 3 is 2.48 bits per heavy atom. The second-order valence-electron chi connectivity index (χ2n) is 4.23. The number of nitrogens with one attached hydrogen (secondary N) is 1. The number of benzene rings is 1. The predicted molar refractivity (Wildman–Crippen MR) is 69.2 cm³/mol. The van der Waals surface area contributed by atoms with Crippen LogP contribution in [0.5, 0.6) is 5.75 Å². The van der Waals surface area contributed by atoms with E-state index in [1.165, 1.54) is 12.1 Å². The molecule has 0 aliphatic heterocycles. The minimum Gasteiger partial charge on any atom is -0.404 e. The van der Waals surface area contributed by atoms with Crippen molar-refractivity contribution < 1.29 is 31.4 Å². The van der Waals surface area contributed by atoms with Gasteiger partial charge < -0.3 is 9.84 Å². The summed E-state index contributed by atoms with van der Waals surface area (Å²) in [7, 11) is -4.18. The van der Waals surface area contributed by atoms with Gasteiger partial charge in [0, 0.05) is 12.6 Å². The highest BCUT2D eigenvalue weighted by molar-refractivity contribution is 7.89. The Bertz CT molecular complexity index is 560. The Hall–Kier alpha value is -1.32. The molecule has 1 aromatic rings. The van der Waals surface area contributed by atoms with E-state index in [1.807, 2.05) is 0 Å². The highest BCUT2D eigenvalue weighted by atomic mass is 32.2. The van der Waals surface area contributed by atoms with Gasteiger partial charge in [-0.2, -0.15) is 0 Å². The standard InChI is InChI=1S/C12H16F3NO4S/c1-2-9(7-8-17)16-21(18,19)11-6-4-3-5-10(11)20-12(13,14)15/h3-6,9,16-17H,2,7-8H2,1H3. The largest absolute Gasteiger partial charge is 0.573 e. The van der Waals surface area contributed by atoms with E-state index < -0.39 is 33.1 Å². The van der Waals surface area contributed by atoms with Crippen molar-refractivity contribution in [2.75, 3.05) is 6.61 Å². The van der Waals surface area contributed by atoms with E-state index in [0.717, 1.165) is 12.1 Å². The number of ether oxygens (including phenoxy) is 1. The van der Waals surface area contributed by atoms with E-state index in [1.54, 1.807) is 6.92 Å². The first-order valence-corrected chi connectivity index (χ1v) is 7.66. The molecule has 0 saturated heterocycles. The average molecular weight is 327 g/mol. The molecule has 9 heteroatoms. The summed E-state index contributed by atoms with van der Waals surface area (Å²) in [5, 5.41) is 8.83. The third-order valence-electron chi connectivity index (χ3n) is 2.66. The highest BCUT2D eigenvalue weighted by Gasteiger charge is 2.34. The van der Waals surface area contributed by atoms with Crippen LogP contribution in [0.25, 0.3) is 0 Å². The summed E-state index contributed by atoms with van der Waals surface area (Å²) in [6, 6.07) is 3.92. The molecule has 5 nitrogen and oxygen atoms in total. The fourth-order valence-corrected chi connectivity index (χ4v) is 3.15. The van der Waals surface area contributed by atoms with Gasteiger partial charge in [-0.25, -0.2) is 13.1 Å². The maximum atomic E-state index is 12.3. The Morgan fingerprint density at radius 2 is 1.95 bits per heavy atom. The summed E-state index contributed by atoms with van der Waals surface area (Å²) in [5.41, 5.74) is 0. The fraction of sp³-hybridized carbons (Fsp3) is 0.500. The zero-order valence-electron chi connectivity index (χ0n) is 11.2. The molecular formula is C12H16F3NO4S. The van der Waals surface area contributed by atoms with Crippen molar-refractivity contribution in [3.63, 3.8) is 0 Å². The van der Waals surface area contributed by atoms with Crippen molar-refractivity contribution >= 4 is 10.0 Å². The molecule has 0 aliphatic rings. The predicted octanol–water partition coefficient (Wildman–Crippen LogP) is 2.02. The summed E-state index contributed by atoms with van der Waals surface area (Å²) in [5.74, 6) is -0.795. The Kier molecular flexibility index (Phi) is 5.99. The molecule has 0 saturated carbocycles. The first-order valence-electron chi connectivity index (χ1n) is 6.17. The van der Waals surface area contributed by atoms with Crippen molar-refractivity contribution in [1.82, 2.24) is 4.72 Å².